The van der Waals surface area contributed by atoms with Gasteiger partial charge in [-0.2, -0.15) is 0 Å². The average molecular weight is 181 g/mol. The first-order valence-electron chi connectivity index (χ1n) is 4.54. The van der Waals surface area contributed by atoms with Crippen molar-refractivity contribution in [3.63, 3.8) is 0 Å². The Kier molecular flexibility index (Phi) is 3.49. The van der Waals surface area contributed by atoms with Crippen LogP contribution in [0.5, 0.6) is 0 Å². The molecule has 13 heavy (non-hydrogen) atoms. The first kappa shape index (κ1) is 9.77. The molecule has 1 rings (SSSR count). The molecule has 0 aliphatic carbocycles. The number of H-pyrrole nitrogens is 1. The average Bonchev–Trinajstić information content (AvgIpc) is 2.12. The summed E-state index contributed by atoms with van der Waals surface area (Å²) in [4.78, 5) is 17.8. The van der Waals surface area contributed by atoms with Gasteiger partial charge in [0.05, 0.1) is 0 Å². The second-order valence-electron chi connectivity index (χ2n) is 3.02. The highest BCUT2D eigenvalue weighted by atomic mass is 16.1. The van der Waals surface area contributed by atoms with Crippen molar-refractivity contribution in [3.05, 3.63) is 22.1 Å². The number of nitrogens with one attached hydrogen (secondary N) is 2. The van der Waals surface area contributed by atoms with E-state index in [9.17, 15) is 4.79 Å². The number of hydrogen-bond acceptors (Lipinski definition) is 3. The van der Waals surface area contributed by atoms with Crippen molar-refractivity contribution < 1.29 is 0 Å². The molecule has 0 saturated carbocycles. The number of aryl methyl sites for hydroxylation is 1. The summed E-state index contributed by atoms with van der Waals surface area (Å²) in [5.41, 5.74) is 0.565. The number of nitrogens with zero attached hydrogens (tertiary/aromatic N) is 1. The van der Waals surface area contributed by atoms with Crippen molar-refractivity contribution in [3.8, 4) is 0 Å². The van der Waals surface area contributed by atoms with Gasteiger partial charge >= 0.3 is 0 Å². The van der Waals surface area contributed by atoms with Gasteiger partial charge in [-0.3, -0.25) is 9.78 Å². The minimum Gasteiger partial charge on any atom is -0.356 e. The van der Waals surface area contributed by atoms with E-state index in [1.165, 1.54) is 0 Å². The Balaban J connectivity index is 2.58. The maximum Gasteiger partial charge on any atom is 0.255 e. The zero-order valence-electron chi connectivity index (χ0n) is 8.05. The summed E-state index contributed by atoms with van der Waals surface area (Å²) in [6, 6.07) is 0. The molecule has 1 aromatic heterocycles. The van der Waals surface area contributed by atoms with Crippen molar-refractivity contribution in [2.75, 3.05) is 11.9 Å². The minimum absolute atomic E-state index is 0.0750. The van der Waals surface area contributed by atoms with Crippen molar-refractivity contribution in [1.82, 2.24) is 9.97 Å². The van der Waals surface area contributed by atoms with E-state index in [1.807, 2.05) is 0 Å². The van der Waals surface area contributed by atoms with Crippen LogP contribution >= 0.6 is 0 Å². The van der Waals surface area contributed by atoms with Crippen LogP contribution in [0, 0.1) is 6.92 Å². The molecule has 0 unspecified atom stereocenters. The highest BCUT2D eigenvalue weighted by Gasteiger charge is 1.95. The van der Waals surface area contributed by atoms with Crippen LogP contribution in [0.25, 0.3) is 0 Å². The maximum absolute atomic E-state index is 11.1. The summed E-state index contributed by atoms with van der Waals surface area (Å²) in [7, 11) is 0. The molecule has 4 heteroatoms. The first-order chi connectivity index (χ1) is 6.24. The summed E-state index contributed by atoms with van der Waals surface area (Å²) < 4.78 is 0. The number of anilines is 1. The highest BCUT2D eigenvalue weighted by Crippen LogP contribution is 1.94. The van der Waals surface area contributed by atoms with Gasteiger partial charge in [-0.1, -0.05) is 13.3 Å². The molecule has 0 aliphatic heterocycles. The molecule has 2 N–H and O–H groups in total. The zero-order chi connectivity index (χ0) is 9.68. The second kappa shape index (κ2) is 4.64. The fourth-order valence-electron chi connectivity index (χ4n) is 0.932. The fourth-order valence-corrected chi connectivity index (χ4v) is 0.932. The molecular weight excluding hydrogens is 166 g/mol. The third kappa shape index (κ3) is 2.89. The normalized spacial score (nSPS) is 10.0. The minimum atomic E-state index is -0.0750. The molecule has 0 spiro atoms. The molecule has 1 aromatic rings. The van der Waals surface area contributed by atoms with Crippen molar-refractivity contribution in [1.29, 1.82) is 0 Å². The van der Waals surface area contributed by atoms with Crippen LogP contribution in [0.15, 0.2) is 11.0 Å². The molecule has 0 amide bonds. The highest BCUT2D eigenvalue weighted by molar-refractivity contribution is 5.23. The van der Waals surface area contributed by atoms with Crippen molar-refractivity contribution >= 4 is 5.95 Å². The molecule has 72 valence electrons. The molecule has 0 bridgehead atoms. The Morgan fingerprint density at radius 3 is 3.00 bits per heavy atom. The quantitative estimate of drug-likeness (QED) is 0.688. The summed E-state index contributed by atoms with van der Waals surface area (Å²) in [6.07, 6.45) is 3.79. The Labute approximate surface area is 77.4 Å². The molecule has 0 radical (unpaired) electrons. The molecule has 1 heterocycles. The van der Waals surface area contributed by atoms with Crippen LogP contribution in [0.2, 0.25) is 0 Å². The molecule has 0 atom stereocenters. The van der Waals surface area contributed by atoms with Gasteiger partial charge < -0.3 is 5.32 Å². The van der Waals surface area contributed by atoms with E-state index < -0.39 is 0 Å². The second-order valence-corrected chi connectivity index (χ2v) is 3.02. The predicted octanol–water partition coefficient (Wildman–Crippen LogP) is 1.29. The van der Waals surface area contributed by atoms with E-state index in [0.717, 1.165) is 19.4 Å². The van der Waals surface area contributed by atoms with Crippen LogP contribution in [0.3, 0.4) is 0 Å². The van der Waals surface area contributed by atoms with Gasteiger partial charge in [0, 0.05) is 18.3 Å². The monoisotopic (exact) mass is 181 g/mol. The Morgan fingerprint density at radius 2 is 2.38 bits per heavy atom. The van der Waals surface area contributed by atoms with E-state index >= 15 is 0 Å². The number of unbranched alkanes of at least 4 members (excludes halogenated alkanes) is 1. The van der Waals surface area contributed by atoms with E-state index in [0.29, 0.717) is 11.5 Å². The van der Waals surface area contributed by atoms with Gasteiger partial charge in [0.25, 0.3) is 5.56 Å². The lowest BCUT2D eigenvalue weighted by Crippen LogP contribution is -2.14. The van der Waals surface area contributed by atoms with Crippen LogP contribution < -0.4 is 10.9 Å². The first-order valence-corrected chi connectivity index (χ1v) is 4.54. The van der Waals surface area contributed by atoms with Gasteiger partial charge in [0.1, 0.15) is 0 Å². The largest absolute Gasteiger partial charge is 0.356 e. The Hall–Kier alpha value is -1.32. The lowest BCUT2D eigenvalue weighted by molar-refractivity contribution is 0.824. The summed E-state index contributed by atoms with van der Waals surface area (Å²) >= 11 is 0. The molecule has 0 aromatic carbocycles. The predicted molar refractivity (Wildman–Crippen MR) is 53.0 cm³/mol. The molecule has 0 fully saturated rings. The van der Waals surface area contributed by atoms with Gasteiger partial charge in [-0.15, -0.1) is 0 Å². The topological polar surface area (TPSA) is 57.8 Å². The van der Waals surface area contributed by atoms with Gasteiger partial charge in [0.15, 0.2) is 0 Å². The fraction of sp³-hybridized carbons (Fsp3) is 0.556. The molecular formula is C9H15N3O. The summed E-state index contributed by atoms with van der Waals surface area (Å²) in [5.74, 6) is 0.559. The maximum atomic E-state index is 11.1. The van der Waals surface area contributed by atoms with Crippen molar-refractivity contribution in [2.24, 2.45) is 0 Å². The molecule has 0 saturated heterocycles. The van der Waals surface area contributed by atoms with E-state index in [2.05, 4.69) is 22.2 Å². The Bertz CT molecular complexity index is 319. The van der Waals surface area contributed by atoms with Crippen molar-refractivity contribution in [2.45, 2.75) is 26.7 Å². The van der Waals surface area contributed by atoms with Crippen LogP contribution in [0.4, 0.5) is 5.95 Å². The van der Waals surface area contributed by atoms with Crippen LogP contribution in [-0.2, 0) is 0 Å². The number of aromatic nitrogens is 2. The smallest absolute Gasteiger partial charge is 0.255 e. The summed E-state index contributed by atoms with van der Waals surface area (Å²) in [6.45, 7) is 4.71. The number of rotatable bonds is 4. The van der Waals surface area contributed by atoms with E-state index in [-0.39, 0.29) is 5.56 Å². The lowest BCUT2D eigenvalue weighted by Gasteiger charge is -2.03. The third-order valence-electron chi connectivity index (χ3n) is 1.80. The SMILES string of the molecule is CCCCNc1ncc(C)c(=O)[nH]1. The van der Waals surface area contributed by atoms with Gasteiger partial charge in [0.2, 0.25) is 5.95 Å². The standard InChI is InChI=1S/C9H15N3O/c1-3-4-5-10-9-11-6-7(2)8(13)12-9/h6H,3-5H2,1-2H3,(H2,10,11,12,13). The third-order valence-corrected chi connectivity index (χ3v) is 1.80. The lowest BCUT2D eigenvalue weighted by atomic mass is 10.3. The zero-order valence-corrected chi connectivity index (χ0v) is 8.05. The summed E-state index contributed by atoms with van der Waals surface area (Å²) in [5, 5.41) is 3.05. The number of aromatic amines is 1. The molecule has 0 aliphatic rings. The van der Waals surface area contributed by atoms with Crippen LogP contribution in [0.1, 0.15) is 25.3 Å². The van der Waals surface area contributed by atoms with Gasteiger partial charge in [-0.05, 0) is 13.3 Å². The Morgan fingerprint density at radius 1 is 1.62 bits per heavy atom. The van der Waals surface area contributed by atoms with Crippen LogP contribution in [-0.4, -0.2) is 16.5 Å². The molecule has 4 nitrogen and oxygen atoms in total. The number of hydrogen-bond donors (Lipinski definition) is 2. The van der Waals surface area contributed by atoms with E-state index in [1.54, 1.807) is 13.1 Å². The van der Waals surface area contributed by atoms with Gasteiger partial charge in [-0.25, -0.2) is 4.98 Å². The van der Waals surface area contributed by atoms with E-state index in [4.69, 9.17) is 0 Å².